The van der Waals surface area contributed by atoms with Crippen molar-refractivity contribution in [2.75, 3.05) is 6.54 Å². The summed E-state index contributed by atoms with van der Waals surface area (Å²) in [5, 5.41) is 4.40. The summed E-state index contributed by atoms with van der Waals surface area (Å²) in [5.41, 5.74) is 6.59. The van der Waals surface area contributed by atoms with Gasteiger partial charge in [0.25, 0.3) is 0 Å². The highest BCUT2D eigenvalue weighted by atomic mass is 16.5. The standard InChI is InChI=1S/C10H10N2O2/c11-5-4-9(13)7-2-1-3-10-8(7)6-12-14-10/h1-3,6H,4-5,11H2. The summed E-state index contributed by atoms with van der Waals surface area (Å²) in [4.78, 5) is 11.6. The third kappa shape index (κ3) is 1.40. The van der Waals surface area contributed by atoms with Crippen molar-refractivity contribution in [1.29, 1.82) is 0 Å². The summed E-state index contributed by atoms with van der Waals surface area (Å²) in [6.07, 6.45) is 1.91. The fraction of sp³-hybridized carbons (Fsp3) is 0.200. The Morgan fingerprint density at radius 1 is 1.50 bits per heavy atom. The molecule has 0 aliphatic heterocycles. The van der Waals surface area contributed by atoms with Crippen molar-refractivity contribution in [3.8, 4) is 0 Å². The van der Waals surface area contributed by atoms with Crippen molar-refractivity contribution in [3.05, 3.63) is 30.0 Å². The zero-order valence-corrected chi connectivity index (χ0v) is 7.56. The normalized spacial score (nSPS) is 10.6. The van der Waals surface area contributed by atoms with Crippen molar-refractivity contribution in [2.24, 2.45) is 5.73 Å². The summed E-state index contributed by atoms with van der Waals surface area (Å²) in [6, 6.07) is 5.32. The summed E-state index contributed by atoms with van der Waals surface area (Å²) >= 11 is 0. The molecule has 0 spiro atoms. The smallest absolute Gasteiger partial charge is 0.167 e. The first kappa shape index (κ1) is 8.90. The van der Waals surface area contributed by atoms with Crippen LogP contribution in [0.4, 0.5) is 0 Å². The van der Waals surface area contributed by atoms with Crippen LogP contribution >= 0.6 is 0 Å². The summed E-state index contributed by atoms with van der Waals surface area (Å²) in [5.74, 6) is 0.0290. The Kier molecular flexibility index (Phi) is 2.28. The second-order valence-corrected chi connectivity index (χ2v) is 3.01. The van der Waals surface area contributed by atoms with E-state index in [0.717, 1.165) is 5.39 Å². The molecule has 4 nitrogen and oxygen atoms in total. The Balaban J connectivity index is 2.50. The van der Waals surface area contributed by atoms with E-state index in [4.69, 9.17) is 10.3 Å². The van der Waals surface area contributed by atoms with Crippen LogP contribution in [-0.4, -0.2) is 17.5 Å². The number of Topliss-reactive ketones (excluding diaryl/α,β-unsaturated/α-hetero) is 1. The van der Waals surface area contributed by atoms with E-state index in [9.17, 15) is 4.79 Å². The van der Waals surface area contributed by atoms with Crippen LogP contribution in [0.25, 0.3) is 11.0 Å². The van der Waals surface area contributed by atoms with Gasteiger partial charge < -0.3 is 10.3 Å². The van der Waals surface area contributed by atoms with Crippen LogP contribution in [0.2, 0.25) is 0 Å². The van der Waals surface area contributed by atoms with E-state index in [1.54, 1.807) is 24.4 Å². The van der Waals surface area contributed by atoms with Crippen molar-refractivity contribution in [1.82, 2.24) is 5.16 Å². The average molecular weight is 190 g/mol. The number of nitrogens with zero attached hydrogens (tertiary/aromatic N) is 1. The van der Waals surface area contributed by atoms with E-state index < -0.39 is 0 Å². The lowest BCUT2D eigenvalue weighted by molar-refractivity contribution is 0.0987. The van der Waals surface area contributed by atoms with Crippen LogP contribution in [0.1, 0.15) is 16.8 Å². The summed E-state index contributed by atoms with van der Waals surface area (Å²) < 4.78 is 4.95. The highest BCUT2D eigenvalue weighted by Crippen LogP contribution is 2.19. The maximum Gasteiger partial charge on any atom is 0.167 e. The molecule has 4 heteroatoms. The predicted molar refractivity (Wildman–Crippen MR) is 52.0 cm³/mol. The van der Waals surface area contributed by atoms with Gasteiger partial charge in [-0.15, -0.1) is 0 Å². The van der Waals surface area contributed by atoms with Gasteiger partial charge in [-0.2, -0.15) is 0 Å². The van der Waals surface area contributed by atoms with Gasteiger partial charge in [0, 0.05) is 12.0 Å². The Labute approximate surface area is 80.7 Å². The highest BCUT2D eigenvalue weighted by Gasteiger charge is 2.10. The SMILES string of the molecule is NCCC(=O)c1cccc2oncc12. The molecule has 1 aromatic carbocycles. The molecule has 0 radical (unpaired) electrons. The van der Waals surface area contributed by atoms with Gasteiger partial charge >= 0.3 is 0 Å². The van der Waals surface area contributed by atoms with Gasteiger partial charge in [-0.05, 0) is 12.6 Å². The molecule has 2 N–H and O–H groups in total. The molecule has 0 unspecified atom stereocenters. The molecule has 0 bridgehead atoms. The first-order valence-electron chi connectivity index (χ1n) is 4.39. The van der Waals surface area contributed by atoms with Gasteiger partial charge in [0.1, 0.15) is 0 Å². The maximum absolute atomic E-state index is 11.6. The van der Waals surface area contributed by atoms with Gasteiger partial charge in [-0.1, -0.05) is 17.3 Å². The quantitative estimate of drug-likeness (QED) is 0.742. The number of ketones is 1. The molecule has 0 aliphatic rings. The number of hydrogen-bond acceptors (Lipinski definition) is 4. The fourth-order valence-electron chi connectivity index (χ4n) is 1.40. The minimum Gasteiger partial charge on any atom is -0.356 e. The van der Waals surface area contributed by atoms with E-state index in [1.807, 2.05) is 0 Å². The number of carbonyl (C=O) groups is 1. The lowest BCUT2D eigenvalue weighted by Crippen LogP contribution is -2.08. The van der Waals surface area contributed by atoms with Gasteiger partial charge in [-0.3, -0.25) is 4.79 Å². The van der Waals surface area contributed by atoms with Crippen LogP contribution < -0.4 is 5.73 Å². The van der Waals surface area contributed by atoms with Crippen molar-refractivity contribution in [3.63, 3.8) is 0 Å². The molecular weight excluding hydrogens is 180 g/mol. The van der Waals surface area contributed by atoms with Crippen molar-refractivity contribution in [2.45, 2.75) is 6.42 Å². The molecule has 2 rings (SSSR count). The molecule has 1 aromatic heterocycles. The number of fused-ring (bicyclic) bond motifs is 1. The summed E-state index contributed by atoms with van der Waals surface area (Å²) in [6.45, 7) is 0.362. The average Bonchev–Trinajstić information content (AvgIpc) is 2.65. The molecule has 2 aromatic rings. The van der Waals surface area contributed by atoms with Crippen molar-refractivity contribution < 1.29 is 9.32 Å². The van der Waals surface area contributed by atoms with Crippen LogP contribution in [0.3, 0.4) is 0 Å². The molecule has 0 saturated carbocycles. The molecule has 0 saturated heterocycles. The van der Waals surface area contributed by atoms with E-state index in [0.29, 0.717) is 24.1 Å². The largest absolute Gasteiger partial charge is 0.356 e. The molecule has 72 valence electrons. The van der Waals surface area contributed by atoms with Gasteiger partial charge in [0.2, 0.25) is 0 Å². The minimum absolute atomic E-state index is 0.0290. The number of hydrogen-bond donors (Lipinski definition) is 1. The number of nitrogens with two attached hydrogens (primary N) is 1. The first-order chi connectivity index (χ1) is 6.83. The lowest BCUT2D eigenvalue weighted by Gasteiger charge is -1.98. The zero-order chi connectivity index (χ0) is 9.97. The first-order valence-corrected chi connectivity index (χ1v) is 4.39. The second kappa shape index (κ2) is 3.59. The van der Waals surface area contributed by atoms with Gasteiger partial charge in [0.15, 0.2) is 11.4 Å². The molecular formula is C10H10N2O2. The van der Waals surface area contributed by atoms with Gasteiger partial charge in [0.05, 0.1) is 11.6 Å². The number of carbonyl (C=O) groups excluding carboxylic acids is 1. The lowest BCUT2D eigenvalue weighted by atomic mass is 10.0. The van der Waals surface area contributed by atoms with Crippen LogP contribution in [0.15, 0.2) is 28.9 Å². The highest BCUT2D eigenvalue weighted by molar-refractivity contribution is 6.06. The third-order valence-electron chi connectivity index (χ3n) is 2.07. The van der Waals surface area contributed by atoms with E-state index in [-0.39, 0.29) is 5.78 Å². The molecule has 0 atom stereocenters. The van der Waals surface area contributed by atoms with Gasteiger partial charge in [-0.25, -0.2) is 0 Å². The predicted octanol–water partition coefficient (Wildman–Crippen LogP) is 1.36. The third-order valence-corrected chi connectivity index (χ3v) is 2.07. The molecule has 14 heavy (non-hydrogen) atoms. The number of rotatable bonds is 3. The molecule has 1 heterocycles. The second-order valence-electron chi connectivity index (χ2n) is 3.01. The Morgan fingerprint density at radius 2 is 2.36 bits per heavy atom. The van der Waals surface area contributed by atoms with Crippen LogP contribution in [-0.2, 0) is 0 Å². The monoisotopic (exact) mass is 190 g/mol. The number of aromatic nitrogens is 1. The van der Waals surface area contributed by atoms with Crippen molar-refractivity contribution >= 4 is 16.8 Å². The Morgan fingerprint density at radius 3 is 3.14 bits per heavy atom. The molecule has 0 amide bonds. The fourth-order valence-corrected chi connectivity index (χ4v) is 1.40. The van der Waals surface area contributed by atoms with E-state index in [2.05, 4.69) is 5.16 Å². The minimum atomic E-state index is 0.0290. The van der Waals surface area contributed by atoms with Crippen LogP contribution in [0, 0.1) is 0 Å². The summed E-state index contributed by atoms with van der Waals surface area (Å²) in [7, 11) is 0. The van der Waals surface area contributed by atoms with E-state index in [1.165, 1.54) is 0 Å². The Bertz CT molecular complexity index is 462. The zero-order valence-electron chi connectivity index (χ0n) is 7.56. The molecule has 0 fully saturated rings. The topological polar surface area (TPSA) is 69.1 Å². The van der Waals surface area contributed by atoms with E-state index >= 15 is 0 Å². The van der Waals surface area contributed by atoms with Crippen LogP contribution in [0.5, 0.6) is 0 Å². The number of benzene rings is 1. The maximum atomic E-state index is 11.6. The Hall–Kier alpha value is -1.68. The molecule has 0 aliphatic carbocycles.